The zero-order valence-electron chi connectivity index (χ0n) is 12.6. The van der Waals surface area contributed by atoms with Crippen LogP contribution in [0.5, 0.6) is 5.75 Å². The lowest BCUT2D eigenvalue weighted by molar-refractivity contribution is -0.116. The molecule has 2 rings (SSSR count). The number of rotatable bonds is 6. The molecule has 0 bridgehead atoms. The number of ether oxygens (including phenoxy) is 1. The first-order chi connectivity index (χ1) is 10.6. The summed E-state index contributed by atoms with van der Waals surface area (Å²) in [6.45, 7) is 2.03. The number of hydrogen-bond donors (Lipinski definition) is 4. The van der Waals surface area contributed by atoms with Gasteiger partial charge in [-0.2, -0.15) is 0 Å². The zero-order chi connectivity index (χ0) is 15.9. The number of amides is 3. The van der Waals surface area contributed by atoms with Gasteiger partial charge < -0.3 is 26.4 Å². The molecule has 1 aromatic rings. The van der Waals surface area contributed by atoms with Crippen molar-refractivity contribution in [3.05, 3.63) is 18.2 Å². The summed E-state index contributed by atoms with van der Waals surface area (Å²) in [7, 11) is 1.49. The van der Waals surface area contributed by atoms with Crippen LogP contribution in [0.2, 0.25) is 0 Å². The molecule has 1 heterocycles. The molecule has 0 saturated carbocycles. The molecule has 0 radical (unpaired) electrons. The van der Waals surface area contributed by atoms with Crippen LogP contribution < -0.4 is 26.4 Å². The lowest BCUT2D eigenvalue weighted by atomic mass is 10.0. The van der Waals surface area contributed by atoms with Crippen LogP contribution in [0.25, 0.3) is 0 Å². The summed E-state index contributed by atoms with van der Waals surface area (Å²) < 4.78 is 5.18. The van der Waals surface area contributed by atoms with Gasteiger partial charge in [0.1, 0.15) is 5.75 Å². The van der Waals surface area contributed by atoms with E-state index in [9.17, 15) is 9.59 Å². The number of urea groups is 1. The first-order valence-electron chi connectivity index (χ1n) is 7.33. The number of hydrogen-bond acceptors (Lipinski definition) is 4. The summed E-state index contributed by atoms with van der Waals surface area (Å²) in [5, 5.41) is 8.59. The van der Waals surface area contributed by atoms with Crippen molar-refractivity contribution in [2.45, 2.75) is 19.3 Å². The molecule has 7 heteroatoms. The first kappa shape index (κ1) is 16.1. The molecule has 1 aromatic carbocycles. The number of primary amides is 1. The Balaban J connectivity index is 1.91. The summed E-state index contributed by atoms with van der Waals surface area (Å²) in [4.78, 5) is 22.9. The highest BCUT2D eigenvalue weighted by Crippen LogP contribution is 2.28. The molecule has 7 nitrogen and oxygen atoms in total. The van der Waals surface area contributed by atoms with Crippen LogP contribution in [0.3, 0.4) is 0 Å². The maximum absolute atomic E-state index is 12.0. The van der Waals surface area contributed by atoms with Gasteiger partial charge in [0.05, 0.1) is 12.8 Å². The molecule has 0 aliphatic carbocycles. The molecule has 3 amide bonds. The summed E-state index contributed by atoms with van der Waals surface area (Å²) in [5.41, 5.74) is 6.17. The van der Waals surface area contributed by atoms with E-state index >= 15 is 0 Å². The van der Waals surface area contributed by atoms with E-state index in [0.29, 0.717) is 29.5 Å². The largest absolute Gasteiger partial charge is 0.494 e. The maximum atomic E-state index is 12.0. The van der Waals surface area contributed by atoms with Crippen LogP contribution in [0.4, 0.5) is 16.2 Å². The van der Waals surface area contributed by atoms with E-state index in [4.69, 9.17) is 10.5 Å². The van der Waals surface area contributed by atoms with Crippen molar-refractivity contribution < 1.29 is 14.3 Å². The van der Waals surface area contributed by atoms with E-state index in [1.807, 2.05) is 0 Å². The lowest BCUT2D eigenvalue weighted by Crippen LogP contribution is -2.20. The van der Waals surface area contributed by atoms with Crippen molar-refractivity contribution in [1.82, 2.24) is 5.32 Å². The second-order valence-electron chi connectivity index (χ2n) is 5.35. The fourth-order valence-corrected chi connectivity index (χ4v) is 2.52. The fourth-order valence-electron chi connectivity index (χ4n) is 2.52. The van der Waals surface area contributed by atoms with Crippen molar-refractivity contribution in [2.75, 3.05) is 30.8 Å². The minimum absolute atomic E-state index is 0.0236. The van der Waals surface area contributed by atoms with Crippen molar-refractivity contribution >= 4 is 23.3 Å². The minimum atomic E-state index is -0.666. The average molecular weight is 306 g/mol. The summed E-state index contributed by atoms with van der Waals surface area (Å²) in [6, 6.07) is 4.32. The van der Waals surface area contributed by atoms with E-state index < -0.39 is 6.03 Å². The van der Waals surface area contributed by atoms with Crippen LogP contribution in [0, 0.1) is 5.92 Å². The monoisotopic (exact) mass is 306 g/mol. The van der Waals surface area contributed by atoms with Gasteiger partial charge in [-0.1, -0.05) is 0 Å². The van der Waals surface area contributed by atoms with Gasteiger partial charge in [0.2, 0.25) is 5.91 Å². The second-order valence-corrected chi connectivity index (χ2v) is 5.35. The lowest BCUT2D eigenvalue weighted by Gasteiger charge is -2.12. The summed E-state index contributed by atoms with van der Waals surface area (Å²) >= 11 is 0. The zero-order valence-corrected chi connectivity index (χ0v) is 12.6. The van der Waals surface area contributed by atoms with E-state index in [-0.39, 0.29) is 5.91 Å². The Hall–Kier alpha value is -2.28. The maximum Gasteiger partial charge on any atom is 0.316 e. The minimum Gasteiger partial charge on any atom is -0.494 e. The Morgan fingerprint density at radius 2 is 2.23 bits per heavy atom. The van der Waals surface area contributed by atoms with Crippen LogP contribution in [-0.2, 0) is 4.79 Å². The van der Waals surface area contributed by atoms with Crippen molar-refractivity contribution in [1.29, 1.82) is 0 Å². The third kappa shape index (κ3) is 4.63. The van der Waals surface area contributed by atoms with Gasteiger partial charge in [0.25, 0.3) is 0 Å². The molecule has 22 heavy (non-hydrogen) atoms. The van der Waals surface area contributed by atoms with E-state index in [0.717, 1.165) is 25.9 Å². The van der Waals surface area contributed by atoms with Gasteiger partial charge >= 0.3 is 6.03 Å². The SMILES string of the molecule is COc1cc(NC(=O)CCC2CCNC2)ccc1NC(N)=O. The average Bonchev–Trinajstić information content (AvgIpc) is 2.99. The normalized spacial score (nSPS) is 17.0. The highest BCUT2D eigenvalue weighted by Gasteiger charge is 2.16. The highest BCUT2D eigenvalue weighted by molar-refractivity contribution is 5.93. The summed E-state index contributed by atoms with van der Waals surface area (Å²) in [5.74, 6) is 1.00. The number of nitrogens with two attached hydrogens (primary N) is 1. The Morgan fingerprint density at radius 1 is 1.41 bits per heavy atom. The number of nitrogens with one attached hydrogen (secondary N) is 3. The predicted octanol–water partition coefficient (Wildman–Crippen LogP) is 1.51. The molecular formula is C15H22N4O3. The molecule has 1 fully saturated rings. The Kier molecular flexibility index (Phi) is 5.60. The Labute approximate surface area is 129 Å². The van der Waals surface area contributed by atoms with E-state index in [1.54, 1.807) is 18.2 Å². The van der Waals surface area contributed by atoms with Gasteiger partial charge in [-0.25, -0.2) is 4.79 Å². The van der Waals surface area contributed by atoms with Crippen LogP contribution >= 0.6 is 0 Å². The van der Waals surface area contributed by atoms with E-state index in [1.165, 1.54) is 7.11 Å². The molecule has 1 aliphatic rings. The molecule has 0 spiro atoms. The van der Waals surface area contributed by atoms with Crippen LogP contribution in [0.1, 0.15) is 19.3 Å². The molecule has 1 atom stereocenters. The van der Waals surface area contributed by atoms with Gasteiger partial charge in [0, 0.05) is 18.2 Å². The molecule has 1 aliphatic heterocycles. The van der Waals surface area contributed by atoms with Crippen molar-refractivity contribution in [3.8, 4) is 5.75 Å². The third-order valence-electron chi connectivity index (χ3n) is 3.69. The highest BCUT2D eigenvalue weighted by atomic mass is 16.5. The Morgan fingerprint density at radius 3 is 2.86 bits per heavy atom. The second kappa shape index (κ2) is 7.65. The van der Waals surface area contributed by atoms with Gasteiger partial charge in [-0.15, -0.1) is 0 Å². The molecule has 5 N–H and O–H groups in total. The van der Waals surface area contributed by atoms with Crippen LogP contribution in [-0.4, -0.2) is 32.1 Å². The number of benzene rings is 1. The molecule has 1 saturated heterocycles. The van der Waals surface area contributed by atoms with Gasteiger partial charge in [-0.3, -0.25) is 4.79 Å². The van der Waals surface area contributed by atoms with Gasteiger partial charge in [-0.05, 0) is 44.0 Å². The van der Waals surface area contributed by atoms with Crippen molar-refractivity contribution in [3.63, 3.8) is 0 Å². The molecular weight excluding hydrogens is 284 g/mol. The standard InChI is InChI=1S/C15H22N4O3/c1-22-13-8-11(3-4-12(13)19-15(16)21)18-14(20)5-2-10-6-7-17-9-10/h3-4,8,10,17H,2,5-7,9H2,1H3,(H,18,20)(H3,16,19,21). The third-order valence-corrected chi connectivity index (χ3v) is 3.69. The molecule has 1 unspecified atom stereocenters. The predicted molar refractivity (Wildman–Crippen MR) is 85.0 cm³/mol. The van der Waals surface area contributed by atoms with Crippen LogP contribution in [0.15, 0.2) is 18.2 Å². The smallest absolute Gasteiger partial charge is 0.316 e. The number of anilines is 2. The van der Waals surface area contributed by atoms with Crippen molar-refractivity contribution in [2.24, 2.45) is 11.7 Å². The first-order valence-corrected chi connectivity index (χ1v) is 7.33. The molecule has 120 valence electrons. The van der Waals surface area contributed by atoms with E-state index in [2.05, 4.69) is 16.0 Å². The quantitative estimate of drug-likeness (QED) is 0.639. The topological polar surface area (TPSA) is 105 Å². The molecule has 0 aromatic heterocycles. The fraction of sp³-hybridized carbons (Fsp3) is 0.467. The Bertz CT molecular complexity index is 542. The van der Waals surface area contributed by atoms with Gasteiger partial charge in [0.15, 0.2) is 0 Å². The number of carbonyl (C=O) groups is 2. The number of carbonyl (C=O) groups excluding carboxylic acids is 2. The number of methoxy groups -OCH3 is 1. The summed E-state index contributed by atoms with van der Waals surface area (Å²) in [6.07, 6.45) is 2.52.